The molecule has 2 aromatic rings. The Morgan fingerprint density at radius 2 is 2.14 bits per heavy atom. The fourth-order valence-corrected chi connectivity index (χ4v) is 1.63. The van der Waals surface area contributed by atoms with E-state index in [1.165, 1.54) is 0 Å². The van der Waals surface area contributed by atoms with Gasteiger partial charge in [-0.1, -0.05) is 18.2 Å². The first-order valence-corrected chi connectivity index (χ1v) is 4.57. The van der Waals surface area contributed by atoms with Crippen molar-refractivity contribution < 1.29 is 0 Å². The van der Waals surface area contributed by atoms with Gasteiger partial charge in [-0.25, -0.2) is 0 Å². The topological polar surface area (TPSA) is 64.9 Å². The minimum Gasteiger partial charge on any atom is -0.398 e. The molecule has 3 heteroatoms. The third kappa shape index (κ3) is 1.32. The van der Waals surface area contributed by atoms with Crippen LogP contribution in [0.5, 0.6) is 0 Å². The summed E-state index contributed by atoms with van der Waals surface area (Å²) in [7, 11) is 0. The van der Waals surface area contributed by atoms with Crippen molar-refractivity contribution in [2.75, 3.05) is 5.73 Å². The largest absolute Gasteiger partial charge is 0.398 e. The molecule has 0 aliphatic carbocycles. The van der Waals surface area contributed by atoms with E-state index < -0.39 is 0 Å². The molecule has 1 aromatic heterocycles. The van der Waals surface area contributed by atoms with E-state index in [4.69, 9.17) is 11.5 Å². The number of aromatic nitrogens is 1. The Bertz CT molecular complexity index is 477. The number of nitrogens with zero attached hydrogens (tertiary/aromatic N) is 1. The standard InChI is InChI=1S/C11H13N3/c1-7-5-10(13)9-4-2-3-8(6-12)11(9)14-7/h2-5H,6,12H2,1H3,(H2,13,14). The molecule has 0 amide bonds. The van der Waals surface area contributed by atoms with Crippen LogP contribution in [0.15, 0.2) is 24.3 Å². The Morgan fingerprint density at radius 3 is 2.86 bits per heavy atom. The van der Waals surface area contributed by atoms with Crippen molar-refractivity contribution in [1.82, 2.24) is 4.98 Å². The highest BCUT2D eigenvalue weighted by atomic mass is 14.7. The highest BCUT2D eigenvalue weighted by Gasteiger charge is 2.04. The van der Waals surface area contributed by atoms with E-state index in [1.807, 2.05) is 31.2 Å². The summed E-state index contributed by atoms with van der Waals surface area (Å²) in [6, 6.07) is 7.78. The fraction of sp³-hybridized carbons (Fsp3) is 0.182. The van der Waals surface area contributed by atoms with E-state index in [9.17, 15) is 0 Å². The molecule has 0 fully saturated rings. The molecule has 3 nitrogen and oxygen atoms in total. The molecule has 0 radical (unpaired) electrons. The average Bonchev–Trinajstić information content (AvgIpc) is 2.17. The summed E-state index contributed by atoms with van der Waals surface area (Å²) in [5.74, 6) is 0. The molecule has 0 saturated heterocycles. The van der Waals surface area contributed by atoms with Crippen LogP contribution in [0.3, 0.4) is 0 Å². The Labute approximate surface area is 82.7 Å². The van der Waals surface area contributed by atoms with E-state index in [0.717, 1.165) is 27.8 Å². The number of fused-ring (bicyclic) bond motifs is 1. The maximum Gasteiger partial charge on any atom is 0.0770 e. The number of pyridine rings is 1. The minimum absolute atomic E-state index is 0.493. The second-order valence-corrected chi connectivity index (χ2v) is 3.37. The first kappa shape index (κ1) is 8.97. The zero-order valence-electron chi connectivity index (χ0n) is 8.12. The minimum atomic E-state index is 0.493. The monoisotopic (exact) mass is 187 g/mol. The average molecular weight is 187 g/mol. The van der Waals surface area contributed by atoms with Crippen molar-refractivity contribution in [1.29, 1.82) is 0 Å². The lowest BCUT2D eigenvalue weighted by atomic mass is 10.1. The van der Waals surface area contributed by atoms with Crippen LogP contribution in [-0.2, 0) is 6.54 Å². The van der Waals surface area contributed by atoms with Gasteiger partial charge in [0.1, 0.15) is 0 Å². The van der Waals surface area contributed by atoms with Crippen molar-refractivity contribution in [3.63, 3.8) is 0 Å². The Hall–Kier alpha value is -1.61. The molecule has 1 aromatic carbocycles. The van der Waals surface area contributed by atoms with Crippen LogP contribution in [-0.4, -0.2) is 4.98 Å². The maximum absolute atomic E-state index is 5.90. The smallest absolute Gasteiger partial charge is 0.0770 e. The van der Waals surface area contributed by atoms with Gasteiger partial charge >= 0.3 is 0 Å². The molecule has 0 aliphatic heterocycles. The van der Waals surface area contributed by atoms with E-state index in [0.29, 0.717) is 6.54 Å². The van der Waals surface area contributed by atoms with Gasteiger partial charge in [0.25, 0.3) is 0 Å². The fourth-order valence-electron chi connectivity index (χ4n) is 1.63. The lowest BCUT2D eigenvalue weighted by Gasteiger charge is -2.06. The van der Waals surface area contributed by atoms with Crippen molar-refractivity contribution >= 4 is 16.6 Å². The maximum atomic E-state index is 5.90. The number of hydrogen-bond acceptors (Lipinski definition) is 3. The van der Waals surface area contributed by atoms with Gasteiger partial charge < -0.3 is 11.5 Å². The van der Waals surface area contributed by atoms with Gasteiger partial charge in [-0.2, -0.15) is 0 Å². The van der Waals surface area contributed by atoms with E-state index in [-0.39, 0.29) is 0 Å². The van der Waals surface area contributed by atoms with Gasteiger partial charge in [0.05, 0.1) is 5.52 Å². The highest BCUT2D eigenvalue weighted by molar-refractivity contribution is 5.92. The lowest BCUT2D eigenvalue weighted by Crippen LogP contribution is -2.00. The zero-order chi connectivity index (χ0) is 10.1. The number of para-hydroxylation sites is 1. The Balaban J connectivity index is 2.86. The third-order valence-electron chi connectivity index (χ3n) is 2.30. The number of nitrogens with two attached hydrogens (primary N) is 2. The third-order valence-corrected chi connectivity index (χ3v) is 2.30. The molecule has 14 heavy (non-hydrogen) atoms. The number of hydrogen-bond donors (Lipinski definition) is 2. The molecular weight excluding hydrogens is 174 g/mol. The number of benzene rings is 1. The molecule has 0 saturated carbocycles. The molecule has 0 spiro atoms. The Morgan fingerprint density at radius 1 is 1.36 bits per heavy atom. The van der Waals surface area contributed by atoms with E-state index in [2.05, 4.69) is 4.98 Å². The van der Waals surface area contributed by atoms with Crippen LogP contribution in [0.25, 0.3) is 10.9 Å². The van der Waals surface area contributed by atoms with Crippen molar-refractivity contribution in [2.45, 2.75) is 13.5 Å². The van der Waals surface area contributed by atoms with Gasteiger partial charge in [-0.3, -0.25) is 4.98 Å². The van der Waals surface area contributed by atoms with Gasteiger partial charge in [0.15, 0.2) is 0 Å². The van der Waals surface area contributed by atoms with Crippen LogP contribution in [0, 0.1) is 6.92 Å². The Kier molecular flexibility index (Phi) is 2.09. The summed E-state index contributed by atoms with van der Waals surface area (Å²) in [4.78, 5) is 4.45. The lowest BCUT2D eigenvalue weighted by molar-refractivity contribution is 1.07. The van der Waals surface area contributed by atoms with E-state index >= 15 is 0 Å². The summed E-state index contributed by atoms with van der Waals surface area (Å²) < 4.78 is 0. The second kappa shape index (κ2) is 3.27. The molecular formula is C11H13N3. The quantitative estimate of drug-likeness (QED) is 0.712. The molecule has 0 atom stereocenters. The number of nitrogen functional groups attached to an aromatic ring is 1. The van der Waals surface area contributed by atoms with Crippen molar-refractivity contribution in [3.05, 3.63) is 35.5 Å². The van der Waals surface area contributed by atoms with Crippen LogP contribution in [0.1, 0.15) is 11.3 Å². The molecule has 2 rings (SSSR count). The zero-order valence-corrected chi connectivity index (χ0v) is 8.12. The van der Waals surface area contributed by atoms with Crippen molar-refractivity contribution in [3.8, 4) is 0 Å². The molecule has 0 unspecified atom stereocenters. The SMILES string of the molecule is Cc1cc(N)c2cccc(CN)c2n1. The predicted molar refractivity (Wildman–Crippen MR) is 58.8 cm³/mol. The first-order valence-electron chi connectivity index (χ1n) is 4.57. The van der Waals surface area contributed by atoms with Gasteiger partial charge in [0, 0.05) is 23.3 Å². The molecule has 1 heterocycles. The van der Waals surface area contributed by atoms with Gasteiger partial charge in [-0.05, 0) is 18.6 Å². The molecule has 4 N–H and O–H groups in total. The number of anilines is 1. The molecule has 72 valence electrons. The number of rotatable bonds is 1. The normalized spacial score (nSPS) is 10.7. The van der Waals surface area contributed by atoms with Crippen molar-refractivity contribution in [2.24, 2.45) is 5.73 Å². The van der Waals surface area contributed by atoms with Crippen LogP contribution < -0.4 is 11.5 Å². The van der Waals surface area contributed by atoms with Gasteiger partial charge in [0.2, 0.25) is 0 Å². The number of aryl methyl sites for hydroxylation is 1. The summed E-state index contributed by atoms with van der Waals surface area (Å²) in [6.45, 7) is 2.43. The second-order valence-electron chi connectivity index (χ2n) is 3.37. The van der Waals surface area contributed by atoms with Crippen LogP contribution in [0.2, 0.25) is 0 Å². The van der Waals surface area contributed by atoms with Gasteiger partial charge in [-0.15, -0.1) is 0 Å². The highest BCUT2D eigenvalue weighted by Crippen LogP contribution is 2.22. The molecule has 0 aliphatic rings. The van der Waals surface area contributed by atoms with E-state index in [1.54, 1.807) is 0 Å². The molecule has 0 bridgehead atoms. The summed E-state index contributed by atoms with van der Waals surface area (Å²) in [5.41, 5.74) is 15.2. The summed E-state index contributed by atoms with van der Waals surface area (Å²) >= 11 is 0. The van der Waals surface area contributed by atoms with Crippen LogP contribution in [0.4, 0.5) is 5.69 Å². The first-order chi connectivity index (χ1) is 6.72. The summed E-state index contributed by atoms with van der Waals surface area (Å²) in [6.07, 6.45) is 0. The van der Waals surface area contributed by atoms with Crippen LogP contribution >= 0.6 is 0 Å². The summed E-state index contributed by atoms with van der Waals surface area (Å²) in [5, 5.41) is 0.985. The predicted octanol–water partition coefficient (Wildman–Crippen LogP) is 1.58.